The van der Waals surface area contributed by atoms with Gasteiger partial charge in [-0.3, -0.25) is 0 Å². The van der Waals surface area contributed by atoms with Gasteiger partial charge in [-0.1, -0.05) is 18.2 Å². The number of benzene rings is 1. The Morgan fingerprint density at radius 2 is 1.68 bits per heavy atom. The first-order chi connectivity index (χ1) is 8.68. The maximum Gasteiger partial charge on any atom is 0.408 e. The normalized spacial score (nSPS) is 11.8. The smallest absolute Gasteiger partial charge is 0.408 e. The van der Waals surface area contributed by atoms with E-state index in [-0.39, 0.29) is 0 Å². The van der Waals surface area contributed by atoms with Gasteiger partial charge in [-0.15, -0.1) is 0 Å². The van der Waals surface area contributed by atoms with Crippen LogP contribution in [0.1, 0.15) is 34.6 Å². The van der Waals surface area contributed by atoms with E-state index in [9.17, 15) is 4.79 Å². The van der Waals surface area contributed by atoms with Crippen molar-refractivity contribution in [2.75, 3.05) is 6.61 Å². The van der Waals surface area contributed by atoms with Gasteiger partial charge in [0.2, 0.25) is 0 Å². The van der Waals surface area contributed by atoms with Gasteiger partial charge in [-0.05, 0) is 46.8 Å². The Balaban J connectivity index is 2.45. The number of hydrogen-bond donors (Lipinski definition) is 1. The lowest BCUT2D eigenvalue weighted by Gasteiger charge is -2.28. The van der Waals surface area contributed by atoms with E-state index in [4.69, 9.17) is 9.47 Å². The molecule has 1 N–H and O–H groups in total. The van der Waals surface area contributed by atoms with Gasteiger partial charge in [-0.2, -0.15) is 0 Å². The predicted molar refractivity (Wildman–Crippen MR) is 75.4 cm³/mol. The number of rotatable bonds is 4. The third-order valence-electron chi connectivity index (χ3n) is 2.18. The lowest BCUT2D eigenvalue weighted by atomic mass is 10.1. The summed E-state index contributed by atoms with van der Waals surface area (Å²) in [5.41, 5.74) is -1.00. The molecule has 0 aliphatic carbocycles. The molecule has 0 spiro atoms. The van der Waals surface area contributed by atoms with Crippen LogP contribution in [0.3, 0.4) is 0 Å². The van der Waals surface area contributed by atoms with Gasteiger partial charge in [0.25, 0.3) is 0 Å². The fraction of sp³-hybridized carbons (Fsp3) is 0.533. The summed E-state index contributed by atoms with van der Waals surface area (Å²) in [7, 11) is 0. The summed E-state index contributed by atoms with van der Waals surface area (Å²) < 4.78 is 10.9. The quantitative estimate of drug-likeness (QED) is 0.908. The van der Waals surface area contributed by atoms with Crippen LogP contribution in [-0.4, -0.2) is 23.8 Å². The van der Waals surface area contributed by atoms with Gasteiger partial charge in [-0.25, -0.2) is 4.79 Å². The number of nitrogens with one attached hydrogen (secondary N) is 1. The molecule has 1 aromatic carbocycles. The molecule has 4 nitrogen and oxygen atoms in total. The van der Waals surface area contributed by atoms with Crippen LogP contribution in [0.5, 0.6) is 5.75 Å². The monoisotopic (exact) mass is 265 g/mol. The third-order valence-corrected chi connectivity index (χ3v) is 2.18. The topological polar surface area (TPSA) is 47.6 Å². The second-order valence-corrected chi connectivity index (χ2v) is 6.11. The Bertz CT molecular complexity index is 407. The molecule has 0 saturated carbocycles. The summed E-state index contributed by atoms with van der Waals surface area (Å²) in [5, 5.41) is 2.80. The van der Waals surface area contributed by atoms with Crippen molar-refractivity contribution >= 4 is 6.09 Å². The van der Waals surface area contributed by atoms with E-state index >= 15 is 0 Å². The van der Waals surface area contributed by atoms with Crippen molar-refractivity contribution in [1.82, 2.24) is 5.32 Å². The van der Waals surface area contributed by atoms with Crippen molar-refractivity contribution < 1.29 is 14.3 Å². The van der Waals surface area contributed by atoms with Crippen LogP contribution in [0.2, 0.25) is 0 Å². The van der Waals surface area contributed by atoms with Crippen LogP contribution in [0.4, 0.5) is 4.79 Å². The Kier molecular flexibility index (Phi) is 4.81. The summed E-state index contributed by atoms with van der Waals surface area (Å²) in [6.45, 7) is 9.65. The summed E-state index contributed by atoms with van der Waals surface area (Å²) in [6.07, 6.45) is -0.436. The highest BCUT2D eigenvalue weighted by molar-refractivity contribution is 5.68. The molecule has 0 fully saturated rings. The number of ether oxygens (including phenoxy) is 2. The highest BCUT2D eigenvalue weighted by atomic mass is 16.6. The summed E-state index contributed by atoms with van der Waals surface area (Å²) in [6, 6.07) is 9.50. The van der Waals surface area contributed by atoms with E-state index in [1.807, 2.05) is 65.0 Å². The molecule has 0 saturated heterocycles. The summed E-state index contributed by atoms with van der Waals surface area (Å²) in [4.78, 5) is 11.7. The maximum absolute atomic E-state index is 11.7. The van der Waals surface area contributed by atoms with E-state index in [1.165, 1.54) is 0 Å². The lowest BCUT2D eigenvalue weighted by molar-refractivity contribution is 0.0441. The molecule has 0 unspecified atom stereocenters. The Hall–Kier alpha value is -1.71. The number of carbonyl (C=O) groups excluding carboxylic acids is 1. The zero-order valence-electron chi connectivity index (χ0n) is 12.3. The SMILES string of the molecule is CC(C)(COc1ccccc1)NC(=O)OC(C)(C)C. The van der Waals surface area contributed by atoms with Crippen molar-refractivity contribution in [3.05, 3.63) is 30.3 Å². The fourth-order valence-electron chi connectivity index (χ4n) is 1.40. The molecular formula is C15H23NO3. The van der Waals surface area contributed by atoms with Crippen LogP contribution in [0.25, 0.3) is 0 Å². The second kappa shape index (κ2) is 5.95. The molecule has 0 aromatic heterocycles. The minimum Gasteiger partial charge on any atom is -0.491 e. The highest BCUT2D eigenvalue weighted by Crippen LogP contribution is 2.13. The highest BCUT2D eigenvalue weighted by Gasteiger charge is 2.25. The van der Waals surface area contributed by atoms with E-state index < -0.39 is 17.2 Å². The molecular weight excluding hydrogens is 242 g/mol. The predicted octanol–water partition coefficient (Wildman–Crippen LogP) is 3.37. The first-order valence-corrected chi connectivity index (χ1v) is 6.37. The first-order valence-electron chi connectivity index (χ1n) is 6.37. The van der Waals surface area contributed by atoms with Gasteiger partial charge in [0.15, 0.2) is 0 Å². The molecule has 4 heteroatoms. The molecule has 0 aliphatic rings. The number of amides is 1. The number of alkyl carbamates (subject to hydrolysis) is 1. The van der Waals surface area contributed by atoms with Gasteiger partial charge >= 0.3 is 6.09 Å². The van der Waals surface area contributed by atoms with E-state index in [1.54, 1.807) is 0 Å². The van der Waals surface area contributed by atoms with E-state index in [0.717, 1.165) is 5.75 Å². The van der Waals surface area contributed by atoms with Crippen molar-refractivity contribution in [2.24, 2.45) is 0 Å². The fourth-order valence-corrected chi connectivity index (χ4v) is 1.40. The van der Waals surface area contributed by atoms with Crippen molar-refractivity contribution in [1.29, 1.82) is 0 Å². The van der Waals surface area contributed by atoms with Gasteiger partial charge < -0.3 is 14.8 Å². The zero-order chi connectivity index (χ0) is 14.5. The van der Waals surface area contributed by atoms with Gasteiger partial charge in [0, 0.05) is 0 Å². The summed E-state index contributed by atoms with van der Waals surface area (Å²) in [5.74, 6) is 0.779. The minimum absolute atomic E-state index is 0.371. The largest absolute Gasteiger partial charge is 0.491 e. The van der Waals surface area contributed by atoms with Crippen LogP contribution < -0.4 is 10.1 Å². The Labute approximate surface area is 115 Å². The molecule has 0 atom stereocenters. The molecule has 0 bridgehead atoms. The maximum atomic E-state index is 11.7. The lowest BCUT2D eigenvalue weighted by Crippen LogP contribution is -2.49. The van der Waals surface area contributed by atoms with Crippen molar-refractivity contribution in [3.63, 3.8) is 0 Å². The standard InChI is InChI=1S/C15H23NO3/c1-14(2,3)19-13(17)16-15(4,5)11-18-12-9-7-6-8-10-12/h6-10H,11H2,1-5H3,(H,16,17). The minimum atomic E-state index is -0.502. The van der Waals surface area contributed by atoms with Crippen LogP contribution in [0.15, 0.2) is 30.3 Å². The molecule has 1 aromatic rings. The van der Waals surface area contributed by atoms with E-state index in [0.29, 0.717) is 6.61 Å². The molecule has 0 heterocycles. The molecule has 0 radical (unpaired) electrons. The number of hydrogen-bond acceptors (Lipinski definition) is 3. The second-order valence-electron chi connectivity index (χ2n) is 6.11. The average Bonchev–Trinajstić information content (AvgIpc) is 2.24. The first kappa shape index (κ1) is 15.3. The van der Waals surface area contributed by atoms with Crippen LogP contribution in [-0.2, 0) is 4.74 Å². The van der Waals surface area contributed by atoms with Crippen LogP contribution >= 0.6 is 0 Å². The van der Waals surface area contributed by atoms with Gasteiger partial charge in [0.1, 0.15) is 18.0 Å². The van der Waals surface area contributed by atoms with E-state index in [2.05, 4.69) is 5.32 Å². The Morgan fingerprint density at radius 3 is 2.21 bits per heavy atom. The average molecular weight is 265 g/mol. The molecule has 0 aliphatic heterocycles. The summed E-state index contributed by atoms with van der Waals surface area (Å²) >= 11 is 0. The van der Waals surface area contributed by atoms with Gasteiger partial charge in [0.05, 0.1) is 5.54 Å². The molecule has 19 heavy (non-hydrogen) atoms. The van der Waals surface area contributed by atoms with Crippen molar-refractivity contribution in [2.45, 2.75) is 45.8 Å². The number of carbonyl (C=O) groups is 1. The molecule has 1 rings (SSSR count). The Morgan fingerprint density at radius 1 is 1.11 bits per heavy atom. The van der Waals surface area contributed by atoms with Crippen LogP contribution in [0, 0.1) is 0 Å². The van der Waals surface area contributed by atoms with Crippen molar-refractivity contribution in [3.8, 4) is 5.75 Å². The molecule has 1 amide bonds. The number of para-hydroxylation sites is 1. The third kappa shape index (κ3) is 6.70. The molecule has 106 valence electrons. The zero-order valence-corrected chi connectivity index (χ0v) is 12.3.